The zero-order chi connectivity index (χ0) is 24.0. The van der Waals surface area contributed by atoms with Crippen LogP contribution in [0.3, 0.4) is 0 Å². The van der Waals surface area contributed by atoms with Crippen LogP contribution in [0.15, 0.2) is 52.1 Å². The van der Waals surface area contributed by atoms with Crippen molar-refractivity contribution < 1.29 is 13.5 Å². The molecule has 5 rings (SSSR count). The second-order valence-electron chi connectivity index (χ2n) is 8.45. The second kappa shape index (κ2) is 8.96. The molecule has 0 amide bonds. The summed E-state index contributed by atoms with van der Waals surface area (Å²) in [7, 11) is 0. The van der Waals surface area contributed by atoms with Crippen LogP contribution in [0.4, 0.5) is 8.78 Å². The van der Waals surface area contributed by atoms with Gasteiger partial charge in [0.15, 0.2) is 5.65 Å². The van der Waals surface area contributed by atoms with Crippen molar-refractivity contribution in [3.05, 3.63) is 91.8 Å². The summed E-state index contributed by atoms with van der Waals surface area (Å²) in [4.78, 5) is 26.6. The lowest BCUT2D eigenvalue weighted by Crippen LogP contribution is -2.24. The van der Waals surface area contributed by atoms with E-state index in [9.17, 15) is 13.6 Å². The highest BCUT2D eigenvalue weighted by Crippen LogP contribution is 2.38. The van der Waals surface area contributed by atoms with E-state index in [1.807, 2.05) is 12.1 Å². The van der Waals surface area contributed by atoms with Crippen molar-refractivity contribution >= 4 is 21.6 Å². The summed E-state index contributed by atoms with van der Waals surface area (Å²) in [6.45, 7) is 3.95. The summed E-state index contributed by atoms with van der Waals surface area (Å²) in [5.41, 5.74) is 2.98. The molecule has 0 saturated carbocycles. The zero-order valence-electron chi connectivity index (χ0n) is 18.6. The van der Waals surface area contributed by atoms with Gasteiger partial charge in [0.05, 0.1) is 11.8 Å². The lowest BCUT2D eigenvalue weighted by atomic mass is 9.89. The molecule has 4 aromatic rings. The number of ether oxygens (including phenoxy) is 1. The van der Waals surface area contributed by atoms with Crippen LogP contribution >= 0.6 is 15.9 Å². The summed E-state index contributed by atoms with van der Waals surface area (Å²) in [5, 5.41) is 0. The number of hydrogen-bond acceptors (Lipinski definition) is 5. The maximum absolute atomic E-state index is 14.8. The van der Waals surface area contributed by atoms with Gasteiger partial charge in [-0.2, -0.15) is 0 Å². The van der Waals surface area contributed by atoms with Gasteiger partial charge in [-0.1, -0.05) is 0 Å². The molecule has 0 bridgehead atoms. The van der Waals surface area contributed by atoms with Gasteiger partial charge in [-0.15, -0.1) is 0 Å². The highest BCUT2D eigenvalue weighted by Gasteiger charge is 2.28. The summed E-state index contributed by atoms with van der Waals surface area (Å²) in [6, 6.07) is 7.14. The van der Waals surface area contributed by atoms with Crippen LogP contribution in [0.25, 0.3) is 16.9 Å². The Morgan fingerprint density at radius 2 is 1.97 bits per heavy atom. The fraction of sp³-hybridized carbons (Fsp3) is 0.280. The number of benzene rings is 1. The fourth-order valence-electron chi connectivity index (χ4n) is 4.33. The molecule has 6 nitrogen and oxygen atoms in total. The first-order chi connectivity index (χ1) is 16.3. The van der Waals surface area contributed by atoms with E-state index in [1.165, 1.54) is 16.5 Å². The van der Waals surface area contributed by atoms with Crippen molar-refractivity contribution in [3.63, 3.8) is 0 Å². The van der Waals surface area contributed by atoms with Gasteiger partial charge in [0.1, 0.15) is 21.9 Å². The predicted molar refractivity (Wildman–Crippen MR) is 127 cm³/mol. The number of aromatic nitrogens is 4. The van der Waals surface area contributed by atoms with Gasteiger partial charge in [0, 0.05) is 47.8 Å². The molecule has 1 aliphatic rings. The molecule has 34 heavy (non-hydrogen) atoms. The minimum absolute atomic E-state index is 0.0362. The van der Waals surface area contributed by atoms with E-state index in [0.717, 1.165) is 16.2 Å². The fourth-order valence-corrected chi connectivity index (χ4v) is 4.71. The summed E-state index contributed by atoms with van der Waals surface area (Å²) in [5.74, 6) is -1.48. The van der Waals surface area contributed by atoms with Crippen LogP contribution in [-0.4, -0.2) is 26.0 Å². The van der Waals surface area contributed by atoms with E-state index < -0.39 is 11.6 Å². The highest BCUT2D eigenvalue weighted by molar-refractivity contribution is 9.10. The molecule has 1 fully saturated rings. The molecule has 4 heterocycles. The number of hydrogen-bond donors (Lipinski definition) is 0. The van der Waals surface area contributed by atoms with Crippen molar-refractivity contribution in [1.82, 2.24) is 19.4 Å². The third kappa shape index (κ3) is 4.14. The van der Waals surface area contributed by atoms with Gasteiger partial charge < -0.3 is 4.74 Å². The first-order valence-corrected chi connectivity index (χ1v) is 11.7. The molecule has 0 radical (unpaired) electrons. The smallest absolute Gasteiger partial charge is 0.261 e. The van der Waals surface area contributed by atoms with Crippen LogP contribution in [0.1, 0.15) is 47.4 Å². The van der Waals surface area contributed by atoms with Gasteiger partial charge in [0.25, 0.3) is 5.56 Å². The molecule has 2 atom stereocenters. The van der Waals surface area contributed by atoms with Crippen molar-refractivity contribution in [2.45, 2.75) is 38.7 Å². The van der Waals surface area contributed by atoms with Gasteiger partial charge in [-0.05, 0) is 72.4 Å². The van der Waals surface area contributed by atoms with Gasteiger partial charge in [-0.3, -0.25) is 9.20 Å². The number of pyridine rings is 1. The monoisotopic (exact) mass is 526 g/mol. The Bertz CT molecular complexity index is 1470. The molecule has 0 N–H and O–H groups in total. The SMILES string of the molecule is Cc1nc2c(-c3ccc(F)cc3F)nc([C@H]3CCO[C@@H](c4ccnc(Br)c4)C3)cn2c(=O)c1C. The van der Waals surface area contributed by atoms with Crippen molar-refractivity contribution in [2.24, 2.45) is 0 Å². The average molecular weight is 527 g/mol. The van der Waals surface area contributed by atoms with E-state index in [2.05, 4.69) is 25.9 Å². The third-order valence-electron chi connectivity index (χ3n) is 6.31. The standard InChI is InChI=1S/C25H21BrF2N4O2/c1-13-14(2)30-24-23(18-4-3-17(27)11-19(18)28)31-20(12-32(24)25(13)33)15-6-8-34-21(9-15)16-5-7-29-22(26)10-16/h3-5,7,10-12,15,21H,6,8-9H2,1-2H3/t15-,21+/m0/s1. The van der Waals surface area contributed by atoms with Crippen molar-refractivity contribution in [3.8, 4) is 11.3 Å². The molecule has 0 spiro atoms. The van der Waals surface area contributed by atoms with E-state index >= 15 is 0 Å². The third-order valence-corrected chi connectivity index (χ3v) is 6.74. The Labute approximate surface area is 202 Å². The van der Waals surface area contributed by atoms with E-state index in [0.29, 0.717) is 36.4 Å². The average Bonchev–Trinajstić information content (AvgIpc) is 2.82. The molecule has 1 saturated heterocycles. The van der Waals surface area contributed by atoms with Crippen LogP contribution in [0.5, 0.6) is 0 Å². The molecule has 1 aromatic carbocycles. The van der Waals surface area contributed by atoms with Crippen LogP contribution in [0.2, 0.25) is 0 Å². The quantitative estimate of drug-likeness (QED) is 0.332. The van der Waals surface area contributed by atoms with Crippen LogP contribution < -0.4 is 5.56 Å². The molecule has 0 aliphatic carbocycles. The van der Waals surface area contributed by atoms with Gasteiger partial charge >= 0.3 is 0 Å². The Morgan fingerprint density at radius 1 is 1.15 bits per heavy atom. The lowest BCUT2D eigenvalue weighted by Gasteiger charge is -2.30. The zero-order valence-corrected chi connectivity index (χ0v) is 20.1. The van der Waals surface area contributed by atoms with Crippen molar-refractivity contribution in [2.75, 3.05) is 6.61 Å². The minimum atomic E-state index is -0.759. The Balaban J connectivity index is 1.66. The predicted octanol–water partition coefficient (Wildman–Crippen LogP) is 5.44. The summed E-state index contributed by atoms with van der Waals surface area (Å²) >= 11 is 3.40. The normalized spacial score (nSPS) is 18.4. The maximum Gasteiger partial charge on any atom is 0.261 e. The molecular formula is C25H21BrF2N4O2. The number of nitrogens with zero attached hydrogens (tertiary/aromatic N) is 4. The summed E-state index contributed by atoms with van der Waals surface area (Å²) < 4.78 is 36.6. The Morgan fingerprint density at radius 3 is 2.74 bits per heavy atom. The van der Waals surface area contributed by atoms with E-state index in [-0.39, 0.29) is 34.5 Å². The highest BCUT2D eigenvalue weighted by atomic mass is 79.9. The van der Waals surface area contributed by atoms with Crippen LogP contribution in [0, 0.1) is 25.5 Å². The van der Waals surface area contributed by atoms with Crippen molar-refractivity contribution in [1.29, 1.82) is 0 Å². The first kappa shape index (κ1) is 22.7. The molecule has 3 aromatic heterocycles. The maximum atomic E-state index is 14.8. The van der Waals surface area contributed by atoms with Crippen LogP contribution in [-0.2, 0) is 4.74 Å². The van der Waals surface area contributed by atoms with E-state index in [1.54, 1.807) is 26.2 Å². The molecular weight excluding hydrogens is 506 g/mol. The molecule has 9 heteroatoms. The molecule has 174 valence electrons. The lowest BCUT2D eigenvalue weighted by molar-refractivity contribution is 0.00451. The Hall–Kier alpha value is -3.04. The van der Waals surface area contributed by atoms with Gasteiger partial charge in [-0.25, -0.2) is 23.7 Å². The van der Waals surface area contributed by atoms with E-state index in [4.69, 9.17) is 9.72 Å². The second-order valence-corrected chi connectivity index (χ2v) is 9.26. The Kier molecular flexibility index (Phi) is 5.99. The molecule has 1 aliphatic heterocycles. The van der Waals surface area contributed by atoms with Gasteiger partial charge in [0.2, 0.25) is 0 Å². The number of rotatable bonds is 3. The molecule has 0 unspecified atom stereocenters. The topological polar surface area (TPSA) is 69.4 Å². The minimum Gasteiger partial charge on any atom is -0.373 e. The number of halogens is 3. The first-order valence-electron chi connectivity index (χ1n) is 10.9. The largest absolute Gasteiger partial charge is 0.373 e. The summed E-state index contributed by atoms with van der Waals surface area (Å²) in [6.07, 6.45) is 4.56. The number of aryl methyl sites for hydroxylation is 1. The number of fused-ring (bicyclic) bond motifs is 1.